The van der Waals surface area contributed by atoms with E-state index in [1.807, 2.05) is 0 Å². The quantitative estimate of drug-likeness (QED) is 0.793. The van der Waals surface area contributed by atoms with Crippen molar-refractivity contribution in [2.75, 3.05) is 25.0 Å². The van der Waals surface area contributed by atoms with E-state index in [0.717, 1.165) is 6.54 Å². The van der Waals surface area contributed by atoms with E-state index in [4.69, 9.17) is 5.73 Å². The summed E-state index contributed by atoms with van der Waals surface area (Å²) in [5.74, 6) is 0. The molecule has 0 fully saturated rings. The van der Waals surface area contributed by atoms with E-state index in [0.29, 0.717) is 6.54 Å². The Morgan fingerprint density at radius 2 is 1.64 bits per heavy atom. The Kier molecular flexibility index (Phi) is 3.53. The van der Waals surface area contributed by atoms with Gasteiger partial charge in [0.2, 0.25) is 0 Å². The van der Waals surface area contributed by atoms with Gasteiger partial charge in [-0.15, -0.1) is 0 Å². The number of nitrogens with two attached hydrogens (primary N) is 1. The summed E-state index contributed by atoms with van der Waals surface area (Å²) in [4.78, 5) is 2.23. The van der Waals surface area contributed by atoms with Gasteiger partial charge in [-0.2, -0.15) is 0 Å². The maximum atomic E-state index is 5.56. The van der Waals surface area contributed by atoms with Gasteiger partial charge < -0.3 is 10.6 Å². The van der Waals surface area contributed by atoms with Crippen LogP contribution in [0.4, 0.5) is 5.69 Å². The average molecular weight is 192 g/mol. The van der Waals surface area contributed by atoms with Gasteiger partial charge in [-0.05, 0) is 31.9 Å². The highest BCUT2D eigenvalue weighted by Gasteiger charge is 2.07. The minimum absolute atomic E-state index is 0.698. The largest absolute Gasteiger partial charge is 0.373 e. The number of hydrogen-bond donors (Lipinski definition) is 1. The van der Waals surface area contributed by atoms with E-state index < -0.39 is 0 Å². The molecule has 0 atom stereocenters. The summed E-state index contributed by atoms with van der Waals surface area (Å²) in [6, 6.07) is 4.44. The number of likely N-dealkylation sites (N-methyl/N-ethyl adjacent to an activating group) is 1. The first-order valence-electron chi connectivity index (χ1n) is 5.05. The highest BCUT2D eigenvalue weighted by molar-refractivity contribution is 5.59. The van der Waals surface area contributed by atoms with Crippen LogP contribution in [0.3, 0.4) is 0 Å². The first-order chi connectivity index (χ1) is 6.56. The normalized spacial score (nSPS) is 10.4. The van der Waals surface area contributed by atoms with E-state index in [1.165, 1.54) is 22.4 Å². The SMILES string of the molecule is Cc1cc(C)c(N(C)CCN)c(C)c1. The van der Waals surface area contributed by atoms with Crippen molar-refractivity contribution in [1.29, 1.82) is 0 Å². The van der Waals surface area contributed by atoms with Gasteiger partial charge in [0.1, 0.15) is 0 Å². The van der Waals surface area contributed by atoms with Crippen LogP contribution in [0.2, 0.25) is 0 Å². The summed E-state index contributed by atoms with van der Waals surface area (Å²) < 4.78 is 0. The number of aryl methyl sites for hydroxylation is 3. The first kappa shape index (κ1) is 11.1. The second-order valence-corrected chi connectivity index (χ2v) is 3.96. The van der Waals surface area contributed by atoms with Crippen molar-refractivity contribution in [3.63, 3.8) is 0 Å². The summed E-state index contributed by atoms with van der Waals surface area (Å²) in [6.45, 7) is 8.05. The molecule has 78 valence electrons. The molecular formula is C12H20N2. The minimum Gasteiger partial charge on any atom is -0.373 e. The fourth-order valence-corrected chi connectivity index (χ4v) is 2.08. The van der Waals surface area contributed by atoms with Crippen molar-refractivity contribution in [2.45, 2.75) is 20.8 Å². The lowest BCUT2D eigenvalue weighted by Crippen LogP contribution is -2.26. The van der Waals surface area contributed by atoms with Gasteiger partial charge in [0.15, 0.2) is 0 Å². The van der Waals surface area contributed by atoms with Gasteiger partial charge in [-0.1, -0.05) is 17.7 Å². The zero-order chi connectivity index (χ0) is 10.7. The molecule has 0 radical (unpaired) electrons. The van der Waals surface area contributed by atoms with E-state index in [-0.39, 0.29) is 0 Å². The van der Waals surface area contributed by atoms with Gasteiger partial charge in [0.25, 0.3) is 0 Å². The molecule has 0 aliphatic heterocycles. The van der Waals surface area contributed by atoms with Crippen LogP contribution in [0.15, 0.2) is 12.1 Å². The summed E-state index contributed by atoms with van der Waals surface area (Å²) >= 11 is 0. The number of benzene rings is 1. The molecule has 0 aliphatic rings. The van der Waals surface area contributed by atoms with Crippen LogP contribution in [0.25, 0.3) is 0 Å². The Bertz CT molecular complexity index is 295. The van der Waals surface area contributed by atoms with Crippen molar-refractivity contribution < 1.29 is 0 Å². The summed E-state index contributed by atoms with van der Waals surface area (Å²) in [7, 11) is 2.09. The molecule has 0 aromatic heterocycles. The summed E-state index contributed by atoms with van der Waals surface area (Å²) in [5.41, 5.74) is 10.9. The van der Waals surface area contributed by atoms with Gasteiger partial charge in [0, 0.05) is 25.8 Å². The standard InChI is InChI=1S/C12H20N2/c1-9-7-10(2)12(11(3)8-9)14(4)6-5-13/h7-8H,5-6,13H2,1-4H3. The van der Waals surface area contributed by atoms with Crippen molar-refractivity contribution in [3.8, 4) is 0 Å². The van der Waals surface area contributed by atoms with E-state index in [9.17, 15) is 0 Å². The van der Waals surface area contributed by atoms with Gasteiger partial charge >= 0.3 is 0 Å². The molecule has 0 spiro atoms. The summed E-state index contributed by atoms with van der Waals surface area (Å²) in [5, 5.41) is 0. The smallest absolute Gasteiger partial charge is 0.0423 e. The molecule has 0 heterocycles. The highest BCUT2D eigenvalue weighted by Crippen LogP contribution is 2.24. The summed E-state index contributed by atoms with van der Waals surface area (Å²) in [6.07, 6.45) is 0. The third kappa shape index (κ3) is 2.26. The van der Waals surface area contributed by atoms with Crippen LogP contribution in [0.1, 0.15) is 16.7 Å². The zero-order valence-corrected chi connectivity index (χ0v) is 9.59. The Balaban J connectivity index is 3.07. The van der Waals surface area contributed by atoms with Crippen molar-refractivity contribution in [3.05, 3.63) is 28.8 Å². The molecule has 0 unspecified atom stereocenters. The molecule has 0 aliphatic carbocycles. The fourth-order valence-electron chi connectivity index (χ4n) is 2.08. The molecule has 1 rings (SSSR count). The molecule has 0 amide bonds. The van der Waals surface area contributed by atoms with E-state index >= 15 is 0 Å². The molecule has 0 saturated heterocycles. The molecule has 1 aromatic rings. The van der Waals surface area contributed by atoms with Crippen LogP contribution in [-0.2, 0) is 0 Å². The number of rotatable bonds is 3. The van der Waals surface area contributed by atoms with Crippen molar-refractivity contribution >= 4 is 5.69 Å². The number of anilines is 1. The molecule has 2 nitrogen and oxygen atoms in total. The minimum atomic E-state index is 0.698. The lowest BCUT2D eigenvalue weighted by atomic mass is 10.0. The predicted octanol–water partition coefficient (Wildman–Crippen LogP) is 2.01. The topological polar surface area (TPSA) is 29.3 Å². The molecular weight excluding hydrogens is 172 g/mol. The van der Waals surface area contributed by atoms with Crippen molar-refractivity contribution in [2.24, 2.45) is 5.73 Å². The molecule has 2 N–H and O–H groups in total. The highest BCUT2D eigenvalue weighted by atomic mass is 15.1. The first-order valence-corrected chi connectivity index (χ1v) is 5.05. The van der Waals surface area contributed by atoms with Crippen LogP contribution in [0.5, 0.6) is 0 Å². The van der Waals surface area contributed by atoms with Crippen LogP contribution >= 0.6 is 0 Å². The molecule has 14 heavy (non-hydrogen) atoms. The molecule has 2 heteroatoms. The predicted molar refractivity (Wildman–Crippen MR) is 63.0 cm³/mol. The Labute approximate surface area is 86.7 Å². The average Bonchev–Trinajstić information content (AvgIpc) is 2.01. The maximum Gasteiger partial charge on any atom is 0.0423 e. The monoisotopic (exact) mass is 192 g/mol. The molecule has 1 aromatic carbocycles. The van der Waals surface area contributed by atoms with Crippen LogP contribution in [0, 0.1) is 20.8 Å². The Morgan fingerprint density at radius 3 is 2.07 bits per heavy atom. The zero-order valence-electron chi connectivity index (χ0n) is 9.59. The Hall–Kier alpha value is -1.02. The van der Waals surface area contributed by atoms with Crippen molar-refractivity contribution in [1.82, 2.24) is 0 Å². The molecule has 0 bridgehead atoms. The van der Waals surface area contributed by atoms with Gasteiger partial charge in [-0.25, -0.2) is 0 Å². The number of nitrogens with zero attached hydrogens (tertiary/aromatic N) is 1. The third-order valence-electron chi connectivity index (χ3n) is 2.48. The van der Waals surface area contributed by atoms with Gasteiger partial charge in [0.05, 0.1) is 0 Å². The van der Waals surface area contributed by atoms with Gasteiger partial charge in [-0.3, -0.25) is 0 Å². The lowest BCUT2D eigenvalue weighted by molar-refractivity contribution is 0.877. The number of hydrogen-bond acceptors (Lipinski definition) is 2. The fraction of sp³-hybridized carbons (Fsp3) is 0.500. The second kappa shape index (κ2) is 4.47. The lowest BCUT2D eigenvalue weighted by Gasteiger charge is -2.23. The van der Waals surface area contributed by atoms with E-state index in [2.05, 4.69) is 44.9 Å². The molecule has 0 saturated carbocycles. The maximum absolute atomic E-state index is 5.56. The van der Waals surface area contributed by atoms with Crippen LogP contribution in [-0.4, -0.2) is 20.1 Å². The third-order valence-corrected chi connectivity index (χ3v) is 2.48. The second-order valence-electron chi connectivity index (χ2n) is 3.96. The Morgan fingerprint density at radius 1 is 1.14 bits per heavy atom. The van der Waals surface area contributed by atoms with E-state index in [1.54, 1.807) is 0 Å². The van der Waals surface area contributed by atoms with Crippen LogP contribution < -0.4 is 10.6 Å².